The molecule has 1 aromatic rings. The summed E-state index contributed by atoms with van der Waals surface area (Å²) in [6.45, 7) is 6.75. The van der Waals surface area contributed by atoms with Gasteiger partial charge in [0.25, 0.3) is 0 Å². The van der Waals surface area contributed by atoms with E-state index in [1.807, 2.05) is 20.8 Å². The van der Waals surface area contributed by atoms with Crippen molar-refractivity contribution in [2.24, 2.45) is 0 Å². The molecular weight excluding hydrogens is 281 g/mol. The van der Waals surface area contributed by atoms with Crippen LogP contribution in [0.1, 0.15) is 50.2 Å². The average molecular weight is 300 g/mol. The molecule has 0 bridgehead atoms. The van der Waals surface area contributed by atoms with E-state index in [-0.39, 0.29) is 29.2 Å². The predicted molar refractivity (Wildman–Crippen MR) is 77.0 cm³/mol. The number of amides is 1. The third kappa shape index (κ3) is 2.75. The van der Waals surface area contributed by atoms with Crippen LogP contribution in [0.4, 0.5) is 4.39 Å². The summed E-state index contributed by atoms with van der Waals surface area (Å²) in [4.78, 5) is 11.4. The van der Waals surface area contributed by atoms with Crippen molar-refractivity contribution >= 4 is 17.5 Å². The summed E-state index contributed by atoms with van der Waals surface area (Å²) >= 11 is 6.01. The highest BCUT2D eigenvalue weighted by atomic mass is 35.5. The summed E-state index contributed by atoms with van der Waals surface area (Å²) in [6, 6.07) is 1.63. The minimum Gasteiger partial charge on any atom is -0.493 e. The topological polar surface area (TPSA) is 38.3 Å². The Labute approximate surface area is 123 Å². The first kappa shape index (κ1) is 15.1. The molecule has 2 rings (SSSR count). The molecule has 1 fully saturated rings. The van der Waals surface area contributed by atoms with E-state index in [0.29, 0.717) is 24.5 Å². The van der Waals surface area contributed by atoms with E-state index < -0.39 is 5.82 Å². The maximum Gasteiger partial charge on any atom is 0.220 e. The molecule has 0 unspecified atom stereocenters. The molecule has 0 aliphatic carbocycles. The van der Waals surface area contributed by atoms with Crippen LogP contribution in [0.3, 0.4) is 0 Å². The van der Waals surface area contributed by atoms with Gasteiger partial charge in [0.2, 0.25) is 5.91 Å². The maximum absolute atomic E-state index is 14.5. The van der Waals surface area contributed by atoms with Crippen LogP contribution < -0.4 is 10.1 Å². The molecular formula is C15H19ClFNO2. The second-order valence-corrected chi connectivity index (χ2v) is 5.70. The smallest absolute Gasteiger partial charge is 0.220 e. The lowest BCUT2D eigenvalue weighted by Crippen LogP contribution is -2.14. The summed E-state index contributed by atoms with van der Waals surface area (Å²) < 4.78 is 20.1. The third-order valence-corrected chi connectivity index (χ3v) is 3.81. The van der Waals surface area contributed by atoms with Crippen molar-refractivity contribution in [1.29, 1.82) is 0 Å². The van der Waals surface area contributed by atoms with Crippen LogP contribution >= 0.6 is 11.6 Å². The zero-order valence-corrected chi connectivity index (χ0v) is 12.7. The molecule has 1 N–H and O–H groups in total. The maximum atomic E-state index is 14.5. The van der Waals surface area contributed by atoms with Crippen molar-refractivity contribution in [3.8, 4) is 5.75 Å². The lowest BCUT2D eigenvalue weighted by Gasteiger charge is -2.21. The number of benzene rings is 1. The lowest BCUT2D eigenvalue weighted by atomic mass is 9.91. The minimum absolute atomic E-state index is 0.0667. The largest absolute Gasteiger partial charge is 0.493 e. The van der Waals surface area contributed by atoms with Crippen molar-refractivity contribution < 1.29 is 13.9 Å². The van der Waals surface area contributed by atoms with E-state index >= 15 is 0 Å². The molecule has 1 aromatic carbocycles. The van der Waals surface area contributed by atoms with Gasteiger partial charge in [0.1, 0.15) is 11.6 Å². The van der Waals surface area contributed by atoms with E-state index in [1.165, 1.54) is 0 Å². The molecule has 0 spiro atoms. The second kappa shape index (κ2) is 6.00. The fourth-order valence-corrected chi connectivity index (χ4v) is 2.78. The molecule has 1 atom stereocenters. The van der Waals surface area contributed by atoms with E-state index in [1.54, 1.807) is 6.07 Å². The first-order valence-electron chi connectivity index (χ1n) is 6.86. The molecule has 1 amide bonds. The number of ether oxygens (including phenoxy) is 1. The Morgan fingerprint density at radius 3 is 2.75 bits per heavy atom. The summed E-state index contributed by atoms with van der Waals surface area (Å²) in [5.74, 6) is -0.0476. The van der Waals surface area contributed by atoms with Crippen LogP contribution in [-0.2, 0) is 4.79 Å². The minimum atomic E-state index is -0.471. The van der Waals surface area contributed by atoms with Gasteiger partial charge in [0.15, 0.2) is 0 Å². The molecule has 1 aliphatic rings. The van der Waals surface area contributed by atoms with Gasteiger partial charge in [-0.2, -0.15) is 0 Å². The zero-order valence-electron chi connectivity index (χ0n) is 11.9. The van der Waals surface area contributed by atoms with Crippen molar-refractivity contribution in [1.82, 2.24) is 5.32 Å². The Morgan fingerprint density at radius 1 is 1.55 bits per heavy atom. The zero-order chi connectivity index (χ0) is 14.9. The number of hydrogen-bond donors (Lipinski definition) is 1. The van der Waals surface area contributed by atoms with E-state index in [9.17, 15) is 9.18 Å². The molecule has 1 heterocycles. The molecule has 3 nitrogen and oxygen atoms in total. The van der Waals surface area contributed by atoms with Gasteiger partial charge in [-0.3, -0.25) is 4.79 Å². The van der Waals surface area contributed by atoms with Crippen LogP contribution in [0.25, 0.3) is 0 Å². The van der Waals surface area contributed by atoms with Crippen LogP contribution in [-0.4, -0.2) is 19.1 Å². The van der Waals surface area contributed by atoms with Crippen molar-refractivity contribution in [2.45, 2.75) is 39.0 Å². The number of nitrogens with one attached hydrogen (secondary N) is 1. The van der Waals surface area contributed by atoms with Crippen LogP contribution in [0.15, 0.2) is 6.07 Å². The Kier molecular flexibility index (Phi) is 4.53. The van der Waals surface area contributed by atoms with Gasteiger partial charge < -0.3 is 10.1 Å². The van der Waals surface area contributed by atoms with Crippen LogP contribution in [0.5, 0.6) is 5.75 Å². The highest BCUT2D eigenvalue weighted by Crippen LogP contribution is 2.41. The number of carbonyl (C=O) groups excluding carboxylic acids is 1. The Balaban J connectivity index is 2.59. The standard InChI is InChI=1S/C15H19ClFNO2/c1-4-20-15-10(8(2)3)6-11(16)14(17)13(15)9-5-12(19)18-7-9/h6,8-9H,4-5,7H2,1-3H3,(H,18,19)/t9-/m0/s1. The lowest BCUT2D eigenvalue weighted by molar-refractivity contribution is -0.119. The SMILES string of the molecule is CCOc1c(C(C)C)cc(Cl)c(F)c1[C@@H]1CNC(=O)C1. The third-order valence-electron chi connectivity index (χ3n) is 3.53. The summed E-state index contributed by atoms with van der Waals surface area (Å²) in [7, 11) is 0. The van der Waals surface area contributed by atoms with Crippen LogP contribution in [0, 0.1) is 5.82 Å². The predicted octanol–water partition coefficient (Wildman–Crippen LogP) is 3.60. The van der Waals surface area contributed by atoms with E-state index in [0.717, 1.165) is 5.56 Å². The quantitative estimate of drug-likeness (QED) is 0.922. The van der Waals surface area contributed by atoms with Crippen LogP contribution in [0.2, 0.25) is 5.02 Å². The molecule has 110 valence electrons. The van der Waals surface area contributed by atoms with Gasteiger partial charge in [-0.1, -0.05) is 25.4 Å². The Bertz CT molecular complexity index is 531. The molecule has 0 saturated carbocycles. The van der Waals surface area contributed by atoms with Crippen molar-refractivity contribution in [3.63, 3.8) is 0 Å². The highest BCUT2D eigenvalue weighted by molar-refractivity contribution is 6.31. The van der Waals surface area contributed by atoms with Gasteiger partial charge in [-0.15, -0.1) is 0 Å². The molecule has 0 aromatic heterocycles. The molecule has 1 aliphatic heterocycles. The second-order valence-electron chi connectivity index (χ2n) is 5.30. The number of carbonyl (C=O) groups is 1. The van der Waals surface area contributed by atoms with Gasteiger partial charge in [-0.05, 0) is 24.5 Å². The first-order valence-corrected chi connectivity index (χ1v) is 7.24. The summed E-state index contributed by atoms with van der Waals surface area (Å²) in [5.41, 5.74) is 1.31. The highest BCUT2D eigenvalue weighted by Gasteiger charge is 2.31. The van der Waals surface area contributed by atoms with Crippen molar-refractivity contribution in [2.75, 3.05) is 13.2 Å². The molecule has 5 heteroatoms. The van der Waals surface area contributed by atoms with Gasteiger partial charge in [0, 0.05) is 24.4 Å². The molecule has 1 saturated heterocycles. The van der Waals surface area contributed by atoms with Gasteiger partial charge in [-0.25, -0.2) is 4.39 Å². The normalized spacial score (nSPS) is 18.5. The fraction of sp³-hybridized carbons (Fsp3) is 0.533. The van der Waals surface area contributed by atoms with E-state index in [2.05, 4.69) is 5.32 Å². The summed E-state index contributed by atoms with van der Waals surface area (Å²) in [5, 5.41) is 2.82. The monoisotopic (exact) mass is 299 g/mol. The average Bonchev–Trinajstić information content (AvgIpc) is 2.80. The van der Waals surface area contributed by atoms with Gasteiger partial charge >= 0.3 is 0 Å². The number of halogens is 2. The van der Waals surface area contributed by atoms with E-state index in [4.69, 9.17) is 16.3 Å². The Hall–Kier alpha value is -1.29. The molecule has 0 radical (unpaired) electrons. The fourth-order valence-electron chi connectivity index (χ4n) is 2.56. The summed E-state index contributed by atoms with van der Waals surface area (Å²) in [6.07, 6.45) is 0.273. The molecule has 20 heavy (non-hydrogen) atoms. The first-order chi connectivity index (χ1) is 9.45. The Morgan fingerprint density at radius 2 is 2.25 bits per heavy atom. The van der Waals surface area contributed by atoms with Gasteiger partial charge in [0.05, 0.1) is 11.6 Å². The number of rotatable bonds is 4. The van der Waals surface area contributed by atoms with Crippen molar-refractivity contribution in [3.05, 3.63) is 28.0 Å². The number of hydrogen-bond acceptors (Lipinski definition) is 2.